The Morgan fingerprint density at radius 3 is 2.62 bits per heavy atom. The average molecular weight is 437 g/mol. The summed E-state index contributed by atoms with van der Waals surface area (Å²) >= 11 is 0. The number of hydrogen-bond donors (Lipinski definition) is 2. The molecule has 3 rings (SSSR count). The van der Waals surface area contributed by atoms with Crippen LogP contribution in [0.2, 0.25) is 0 Å². The normalized spacial score (nSPS) is 11.0. The molecule has 3 heterocycles. The molecule has 0 aromatic carbocycles. The van der Waals surface area contributed by atoms with Crippen LogP contribution in [-0.4, -0.2) is 51.1 Å². The Bertz CT molecular complexity index is 1030. The summed E-state index contributed by atoms with van der Waals surface area (Å²) in [5, 5.41) is 3.14. The molecule has 32 heavy (non-hydrogen) atoms. The van der Waals surface area contributed by atoms with Crippen LogP contribution in [0.4, 0.5) is 5.95 Å². The first-order chi connectivity index (χ1) is 15.6. The fourth-order valence-electron chi connectivity index (χ4n) is 3.25. The van der Waals surface area contributed by atoms with Crippen LogP contribution in [-0.2, 0) is 13.0 Å². The minimum absolute atomic E-state index is 0.145. The molecule has 3 aromatic rings. The van der Waals surface area contributed by atoms with Crippen LogP contribution < -0.4 is 15.6 Å². The van der Waals surface area contributed by atoms with Crippen molar-refractivity contribution in [2.45, 2.75) is 40.2 Å². The third-order valence-corrected chi connectivity index (χ3v) is 5.20. The quantitative estimate of drug-likeness (QED) is 0.421. The van der Waals surface area contributed by atoms with Gasteiger partial charge in [0.15, 0.2) is 0 Å². The van der Waals surface area contributed by atoms with Gasteiger partial charge < -0.3 is 10.1 Å². The third-order valence-electron chi connectivity index (χ3n) is 5.20. The van der Waals surface area contributed by atoms with Gasteiger partial charge in [-0.05, 0) is 49.7 Å². The number of nitrogens with zero attached hydrogens (tertiary/aromatic N) is 4. The van der Waals surface area contributed by atoms with Gasteiger partial charge in [-0.25, -0.2) is 9.97 Å². The summed E-state index contributed by atoms with van der Waals surface area (Å²) in [6.45, 7) is 10.3. The van der Waals surface area contributed by atoms with Gasteiger partial charge in [-0.3, -0.25) is 19.7 Å². The van der Waals surface area contributed by atoms with E-state index in [0.717, 1.165) is 37.3 Å². The van der Waals surface area contributed by atoms with Crippen LogP contribution in [0.3, 0.4) is 0 Å². The second-order valence-corrected chi connectivity index (χ2v) is 7.66. The van der Waals surface area contributed by atoms with E-state index < -0.39 is 0 Å². The molecule has 0 unspecified atom stereocenters. The molecule has 8 nitrogen and oxygen atoms in total. The number of nitrogens with one attached hydrogen (secondary N) is 2. The van der Waals surface area contributed by atoms with Gasteiger partial charge in [0, 0.05) is 55.4 Å². The van der Waals surface area contributed by atoms with Crippen molar-refractivity contribution in [1.82, 2.24) is 24.8 Å². The molecule has 2 N–H and O–H groups in total. The summed E-state index contributed by atoms with van der Waals surface area (Å²) in [4.78, 5) is 30.4. The Labute approximate surface area is 189 Å². The zero-order valence-electron chi connectivity index (χ0n) is 19.1. The number of aryl methyl sites for hydroxylation is 1. The first-order valence-corrected chi connectivity index (χ1v) is 11.1. The number of pyridine rings is 2. The first-order valence-electron chi connectivity index (χ1n) is 11.1. The molecule has 0 amide bonds. The summed E-state index contributed by atoms with van der Waals surface area (Å²) in [7, 11) is 0. The molecule has 0 bridgehead atoms. The van der Waals surface area contributed by atoms with Gasteiger partial charge in [0.05, 0.1) is 6.61 Å². The Morgan fingerprint density at radius 2 is 1.91 bits per heavy atom. The zero-order valence-corrected chi connectivity index (χ0v) is 19.1. The number of aromatic nitrogens is 4. The van der Waals surface area contributed by atoms with Crippen molar-refractivity contribution < 1.29 is 4.74 Å². The molecule has 170 valence electrons. The fraction of sp³-hybridized carbons (Fsp3) is 0.417. The van der Waals surface area contributed by atoms with E-state index in [1.165, 1.54) is 5.56 Å². The fourth-order valence-corrected chi connectivity index (χ4v) is 3.25. The highest BCUT2D eigenvalue weighted by molar-refractivity contribution is 5.27. The van der Waals surface area contributed by atoms with Gasteiger partial charge in [0.2, 0.25) is 11.8 Å². The molecule has 0 saturated carbocycles. The van der Waals surface area contributed by atoms with Gasteiger partial charge in [-0.2, -0.15) is 0 Å². The van der Waals surface area contributed by atoms with E-state index >= 15 is 0 Å². The first kappa shape index (κ1) is 23.4. The van der Waals surface area contributed by atoms with Crippen molar-refractivity contribution in [2.75, 3.05) is 31.6 Å². The zero-order chi connectivity index (χ0) is 22.8. The Morgan fingerprint density at radius 1 is 1.06 bits per heavy atom. The Hall–Kier alpha value is -3.26. The molecule has 0 saturated heterocycles. The van der Waals surface area contributed by atoms with Crippen molar-refractivity contribution in [3.63, 3.8) is 0 Å². The highest BCUT2D eigenvalue weighted by atomic mass is 16.5. The molecule has 0 radical (unpaired) electrons. The largest absolute Gasteiger partial charge is 0.478 e. The minimum Gasteiger partial charge on any atom is -0.478 e. The summed E-state index contributed by atoms with van der Waals surface area (Å²) in [6.07, 6.45) is 6.44. The van der Waals surface area contributed by atoms with Crippen LogP contribution >= 0.6 is 0 Å². The second kappa shape index (κ2) is 12.0. The predicted molar refractivity (Wildman–Crippen MR) is 126 cm³/mol. The van der Waals surface area contributed by atoms with Crippen molar-refractivity contribution in [1.29, 1.82) is 0 Å². The van der Waals surface area contributed by atoms with Crippen molar-refractivity contribution >= 4 is 5.95 Å². The molecular formula is C24H32N6O2. The highest BCUT2D eigenvalue weighted by Gasteiger charge is 2.06. The Kier molecular flexibility index (Phi) is 8.74. The average Bonchev–Trinajstić information content (AvgIpc) is 2.80. The van der Waals surface area contributed by atoms with Crippen LogP contribution in [0, 0.1) is 6.92 Å². The number of ether oxygens (including phenoxy) is 1. The predicted octanol–water partition coefficient (Wildman–Crippen LogP) is 3.18. The number of hydrogen-bond acceptors (Lipinski definition) is 7. The van der Waals surface area contributed by atoms with E-state index in [1.807, 2.05) is 31.2 Å². The van der Waals surface area contributed by atoms with Crippen molar-refractivity contribution in [3.05, 3.63) is 75.6 Å². The van der Waals surface area contributed by atoms with E-state index in [4.69, 9.17) is 4.74 Å². The molecular weight excluding hydrogens is 404 g/mol. The van der Waals surface area contributed by atoms with Gasteiger partial charge >= 0.3 is 0 Å². The molecule has 0 fully saturated rings. The van der Waals surface area contributed by atoms with E-state index in [9.17, 15) is 4.79 Å². The molecule has 3 aromatic heterocycles. The highest BCUT2D eigenvalue weighted by Crippen LogP contribution is 2.12. The number of anilines is 1. The van der Waals surface area contributed by atoms with E-state index in [0.29, 0.717) is 37.0 Å². The summed E-state index contributed by atoms with van der Waals surface area (Å²) < 4.78 is 5.78. The second-order valence-electron chi connectivity index (χ2n) is 7.66. The summed E-state index contributed by atoms with van der Waals surface area (Å²) in [5.41, 5.74) is 3.59. The molecule has 0 aliphatic carbocycles. The monoisotopic (exact) mass is 436 g/mol. The molecule has 8 heteroatoms. The molecule has 0 aliphatic rings. The minimum atomic E-state index is -0.145. The maximum atomic E-state index is 12.3. The molecule has 0 aliphatic heterocycles. The lowest BCUT2D eigenvalue weighted by atomic mass is 10.1. The van der Waals surface area contributed by atoms with Gasteiger partial charge in [0.25, 0.3) is 5.56 Å². The van der Waals surface area contributed by atoms with Gasteiger partial charge in [0.1, 0.15) is 0 Å². The summed E-state index contributed by atoms with van der Waals surface area (Å²) in [5.74, 6) is 1.09. The summed E-state index contributed by atoms with van der Waals surface area (Å²) in [6, 6.07) is 7.93. The van der Waals surface area contributed by atoms with Crippen LogP contribution in [0.1, 0.15) is 42.7 Å². The van der Waals surface area contributed by atoms with E-state index in [2.05, 4.69) is 44.0 Å². The van der Waals surface area contributed by atoms with Gasteiger partial charge in [-0.1, -0.05) is 19.9 Å². The standard InChI is InChI=1S/C24H32N6O2/c1-4-30(5-2)17-20-9-11-25-22(14-20)32-12-6-10-26-24-28-16-21(23(31)29-24)13-19-8-7-18(3)27-15-19/h7-9,11,14-16H,4-6,10,12-13,17H2,1-3H3,(H2,26,28,29,31). The SMILES string of the molecule is CCN(CC)Cc1ccnc(OCCCNc2ncc(Cc3ccc(C)nc3)c(=O)[nH]2)c1. The number of aromatic amines is 1. The van der Waals surface area contributed by atoms with Crippen LogP contribution in [0.5, 0.6) is 5.88 Å². The topological polar surface area (TPSA) is 96.0 Å². The number of H-pyrrole nitrogens is 1. The molecule has 0 atom stereocenters. The maximum absolute atomic E-state index is 12.3. The van der Waals surface area contributed by atoms with E-state index in [1.54, 1.807) is 18.6 Å². The van der Waals surface area contributed by atoms with Gasteiger partial charge in [-0.15, -0.1) is 0 Å². The van der Waals surface area contributed by atoms with Crippen LogP contribution in [0.15, 0.2) is 47.7 Å². The van der Waals surface area contributed by atoms with Crippen molar-refractivity contribution in [2.24, 2.45) is 0 Å². The maximum Gasteiger partial charge on any atom is 0.255 e. The molecule has 0 spiro atoms. The lowest BCUT2D eigenvalue weighted by Crippen LogP contribution is -2.22. The Balaban J connectivity index is 1.42. The lowest BCUT2D eigenvalue weighted by Gasteiger charge is -2.18. The number of rotatable bonds is 12. The smallest absolute Gasteiger partial charge is 0.255 e. The lowest BCUT2D eigenvalue weighted by molar-refractivity contribution is 0.289. The van der Waals surface area contributed by atoms with Crippen LogP contribution in [0.25, 0.3) is 0 Å². The van der Waals surface area contributed by atoms with Crippen molar-refractivity contribution in [3.8, 4) is 5.88 Å². The van der Waals surface area contributed by atoms with E-state index in [-0.39, 0.29) is 5.56 Å². The third kappa shape index (κ3) is 7.16.